The lowest BCUT2D eigenvalue weighted by Crippen LogP contribution is -2.34. The van der Waals surface area contributed by atoms with Crippen LogP contribution >= 0.6 is 0 Å². The molecule has 9 nitrogen and oxygen atoms in total. The van der Waals surface area contributed by atoms with Gasteiger partial charge in [-0.15, -0.1) is 5.10 Å². The monoisotopic (exact) mass is 366 g/mol. The fourth-order valence-corrected chi connectivity index (χ4v) is 3.26. The van der Waals surface area contributed by atoms with Crippen molar-refractivity contribution in [1.82, 2.24) is 40.6 Å². The first-order chi connectivity index (χ1) is 13.3. The van der Waals surface area contributed by atoms with Crippen LogP contribution in [0.25, 0.3) is 0 Å². The van der Waals surface area contributed by atoms with Crippen LogP contribution in [-0.2, 0) is 30.8 Å². The van der Waals surface area contributed by atoms with E-state index in [4.69, 9.17) is 0 Å². The largest absolute Gasteiger partial charge is 0.349 e. The second-order valence-electron chi connectivity index (χ2n) is 6.59. The molecule has 0 unspecified atom stereocenters. The van der Waals surface area contributed by atoms with Crippen molar-refractivity contribution in [3.63, 3.8) is 0 Å². The Bertz CT molecular complexity index is 851. The topological polar surface area (TPSA) is 103 Å². The number of tetrazole rings is 1. The van der Waals surface area contributed by atoms with Crippen molar-refractivity contribution in [3.8, 4) is 0 Å². The van der Waals surface area contributed by atoms with Gasteiger partial charge < -0.3 is 10.6 Å². The molecule has 0 saturated carbocycles. The third-order valence-corrected chi connectivity index (χ3v) is 4.65. The van der Waals surface area contributed by atoms with Crippen LogP contribution < -0.4 is 10.6 Å². The maximum atomic E-state index is 12.8. The van der Waals surface area contributed by atoms with Gasteiger partial charge in [-0.05, 0) is 35.0 Å². The molecule has 1 aromatic carbocycles. The Balaban J connectivity index is 1.44. The minimum Gasteiger partial charge on any atom is -0.349 e. The molecule has 140 valence electrons. The summed E-state index contributed by atoms with van der Waals surface area (Å²) in [6.45, 7) is 3.09. The summed E-state index contributed by atoms with van der Waals surface area (Å²) in [5, 5.41) is 22.2. The molecule has 0 fully saturated rings. The third kappa shape index (κ3) is 4.20. The normalized spacial score (nSPS) is 15.0. The zero-order valence-electron chi connectivity index (χ0n) is 15.0. The van der Waals surface area contributed by atoms with E-state index in [0.717, 1.165) is 43.0 Å². The van der Waals surface area contributed by atoms with Gasteiger partial charge in [0.2, 0.25) is 5.91 Å². The number of aryl methyl sites for hydroxylation is 1. The van der Waals surface area contributed by atoms with E-state index in [2.05, 4.69) is 31.3 Å². The van der Waals surface area contributed by atoms with Gasteiger partial charge >= 0.3 is 0 Å². The molecule has 3 heterocycles. The number of carbonyl (C=O) groups is 1. The van der Waals surface area contributed by atoms with E-state index in [1.165, 1.54) is 11.0 Å². The van der Waals surface area contributed by atoms with E-state index in [1.54, 1.807) is 0 Å². The minimum absolute atomic E-state index is 0.132. The molecule has 0 spiro atoms. The molecular formula is C18H22N8O. The van der Waals surface area contributed by atoms with Gasteiger partial charge in [0.25, 0.3) is 0 Å². The van der Waals surface area contributed by atoms with Crippen LogP contribution in [0, 0.1) is 0 Å². The average Bonchev–Trinajstić information content (AvgIpc) is 3.31. The van der Waals surface area contributed by atoms with Crippen LogP contribution in [0.5, 0.6) is 0 Å². The highest BCUT2D eigenvalue weighted by Gasteiger charge is 2.22. The average molecular weight is 366 g/mol. The maximum Gasteiger partial charge on any atom is 0.245 e. The van der Waals surface area contributed by atoms with Gasteiger partial charge in [-0.1, -0.05) is 30.3 Å². The minimum atomic E-state index is -0.510. The van der Waals surface area contributed by atoms with E-state index in [9.17, 15) is 4.79 Å². The molecule has 1 atom stereocenters. The van der Waals surface area contributed by atoms with Gasteiger partial charge in [-0.3, -0.25) is 9.48 Å². The number of hydrogen-bond acceptors (Lipinski definition) is 6. The molecule has 0 radical (unpaired) electrons. The molecular weight excluding hydrogens is 344 g/mol. The van der Waals surface area contributed by atoms with Crippen molar-refractivity contribution in [2.45, 2.75) is 38.5 Å². The molecule has 0 saturated heterocycles. The Morgan fingerprint density at radius 2 is 2.19 bits per heavy atom. The van der Waals surface area contributed by atoms with E-state index >= 15 is 0 Å². The van der Waals surface area contributed by atoms with Gasteiger partial charge in [-0.2, -0.15) is 5.10 Å². The molecule has 0 bridgehead atoms. The predicted molar refractivity (Wildman–Crippen MR) is 97.4 cm³/mol. The zero-order chi connectivity index (χ0) is 18.5. The lowest BCUT2D eigenvalue weighted by molar-refractivity contribution is -0.124. The first-order valence-electron chi connectivity index (χ1n) is 9.10. The second-order valence-corrected chi connectivity index (χ2v) is 6.59. The van der Waals surface area contributed by atoms with E-state index in [-0.39, 0.29) is 5.91 Å². The van der Waals surface area contributed by atoms with Crippen LogP contribution in [0.15, 0.2) is 42.7 Å². The quantitative estimate of drug-likeness (QED) is 0.657. The number of carbonyl (C=O) groups excluding carboxylic acids is 1. The highest BCUT2D eigenvalue weighted by atomic mass is 16.2. The van der Waals surface area contributed by atoms with Crippen molar-refractivity contribution in [2.24, 2.45) is 0 Å². The standard InChI is InChI=1S/C18H22N8O/c27-18(20-11-15-10-16-12-19-7-4-8-25(16)22-15)17(26-13-21-23-24-26)9-14-5-2-1-3-6-14/h1-3,5-6,10,13,17,19H,4,7-9,11-12H2,(H,20,27)/t17-/m0/s1. The molecule has 2 aromatic heterocycles. The van der Waals surface area contributed by atoms with Crippen LogP contribution in [0.1, 0.15) is 29.4 Å². The van der Waals surface area contributed by atoms with Gasteiger partial charge in [0.05, 0.1) is 17.9 Å². The maximum absolute atomic E-state index is 12.8. The van der Waals surface area contributed by atoms with Crippen molar-refractivity contribution >= 4 is 5.91 Å². The number of nitrogens with zero attached hydrogens (tertiary/aromatic N) is 6. The summed E-state index contributed by atoms with van der Waals surface area (Å²) >= 11 is 0. The van der Waals surface area contributed by atoms with Crippen LogP contribution in [0.4, 0.5) is 0 Å². The number of aromatic nitrogens is 6. The Hall–Kier alpha value is -3.07. The predicted octanol–water partition coefficient (Wildman–Crippen LogP) is 0.463. The number of fused-ring (bicyclic) bond motifs is 1. The summed E-state index contributed by atoms with van der Waals surface area (Å²) in [5.41, 5.74) is 3.06. The summed E-state index contributed by atoms with van der Waals surface area (Å²) < 4.78 is 3.51. The summed E-state index contributed by atoms with van der Waals surface area (Å²) in [4.78, 5) is 12.8. The zero-order valence-corrected chi connectivity index (χ0v) is 15.0. The highest BCUT2D eigenvalue weighted by Crippen LogP contribution is 2.14. The lowest BCUT2D eigenvalue weighted by atomic mass is 10.1. The smallest absolute Gasteiger partial charge is 0.245 e. The molecule has 0 aliphatic carbocycles. The second kappa shape index (κ2) is 8.09. The first kappa shape index (κ1) is 17.3. The van der Waals surface area contributed by atoms with Gasteiger partial charge in [0.1, 0.15) is 12.4 Å². The van der Waals surface area contributed by atoms with Crippen LogP contribution in [0.3, 0.4) is 0 Å². The van der Waals surface area contributed by atoms with E-state index < -0.39 is 6.04 Å². The SMILES string of the molecule is O=C(NCc1cc2n(n1)CCCNC2)[C@H](Cc1ccccc1)n1cnnn1. The lowest BCUT2D eigenvalue weighted by Gasteiger charge is -2.16. The Kier molecular flexibility index (Phi) is 5.20. The number of benzene rings is 1. The molecule has 27 heavy (non-hydrogen) atoms. The van der Waals surface area contributed by atoms with Gasteiger partial charge in [0.15, 0.2) is 0 Å². The van der Waals surface area contributed by atoms with Crippen molar-refractivity contribution < 1.29 is 4.79 Å². The van der Waals surface area contributed by atoms with Crippen molar-refractivity contribution in [1.29, 1.82) is 0 Å². The van der Waals surface area contributed by atoms with Crippen LogP contribution in [0.2, 0.25) is 0 Å². The van der Waals surface area contributed by atoms with Crippen molar-refractivity contribution in [2.75, 3.05) is 6.54 Å². The first-order valence-corrected chi connectivity index (χ1v) is 9.10. The number of rotatable bonds is 6. The van der Waals surface area contributed by atoms with E-state index in [1.807, 2.05) is 41.1 Å². The number of nitrogens with one attached hydrogen (secondary N) is 2. The molecule has 9 heteroatoms. The van der Waals surface area contributed by atoms with Crippen LogP contribution in [-0.4, -0.2) is 42.4 Å². The molecule has 2 N–H and O–H groups in total. The fourth-order valence-electron chi connectivity index (χ4n) is 3.26. The summed E-state index contributed by atoms with van der Waals surface area (Å²) in [5.74, 6) is -0.132. The van der Waals surface area contributed by atoms with E-state index in [0.29, 0.717) is 13.0 Å². The Labute approximate surface area is 156 Å². The summed E-state index contributed by atoms with van der Waals surface area (Å²) in [6.07, 6.45) is 3.04. The Morgan fingerprint density at radius 1 is 1.30 bits per heavy atom. The van der Waals surface area contributed by atoms with Gasteiger partial charge in [0, 0.05) is 19.5 Å². The fraction of sp³-hybridized carbons (Fsp3) is 0.389. The highest BCUT2D eigenvalue weighted by molar-refractivity contribution is 5.80. The Morgan fingerprint density at radius 3 is 3.00 bits per heavy atom. The molecule has 1 aliphatic rings. The summed E-state index contributed by atoms with van der Waals surface area (Å²) in [6, 6.07) is 11.4. The van der Waals surface area contributed by atoms with Crippen molar-refractivity contribution in [3.05, 3.63) is 59.7 Å². The molecule has 4 rings (SSSR count). The molecule has 1 aliphatic heterocycles. The number of hydrogen-bond donors (Lipinski definition) is 2. The third-order valence-electron chi connectivity index (χ3n) is 4.65. The molecule has 3 aromatic rings. The molecule has 1 amide bonds. The summed E-state index contributed by atoms with van der Waals surface area (Å²) in [7, 11) is 0. The number of amides is 1. The van der Waals surface area contributed by atoms with Gasteiger partial charge in [-0.25, -0.2) is 4.68 Å².